The first-order valence-electron chi connectivity index (χ1n) is 5.38. The van der Waals surface area contributed by atoms with Crippen molar-refractivity contribution in [1.82, 2.24) is 5.32 Å². The Morgan fingerprint density at radius 3 is 2.53 bits per heavy atom. The van der Waals surface area contributed by atoms with Crippen molar-refractivity contribution < 1.29 is 0 Å². The van der Waals surface area contributed by atoms with Crippen LogP contribution < -0.4 is 5.32 Å². The number of rotatable bonds is 5. The fraction of sp³-hybridized carbons (Fsp3) is 0.286. The van der Waals surface area contributed by atoms with Gasteiger partial charge in [0.25, 0.3) is 0 Å². The summed E-state index contributed by atoms with van der Waals surface area (Å²) in [6.45, 7) is 7.63. The highest BCUT2D eigenvalue weighted by atomic mass is 15.2. The van der Waals surface area contributed by atoms with Gasteiger partial charge in [0.1, 0.15) is 0 Å². The summed E-state index contributed by atoms with van der Waals surface area (Å²) in [7, 11) is 0. The zero-order chi connectivity index (χ0) is 10.7. The van der Waals surface area contributed by atoms with Crippen molar-refractivity contribution in [3.63, 3.8) is 0 Å². The monoisotopic (exact) mass is 199 g/mol. The minimum absolute atomic E-state index is 0.122. The van der Waals surface area contributed by atoms with Gasteiger partial charge in [-0.3, -0.25) is 0 Å². The molecule has 0 spiro atoms. The molecule has 1 aromatic rings. The van der Waals surface area contributed by atoms with Crippen LogP contribution in [-0.2, 0) is 5.54 Å². The van der Waals surface area contributed by atoms with Crippen molar-refractivity contribution in [2.24, 2.45) is 0 Å². The Balaban J connectivity index is 2.22. The van der Waals surface area contributed by atoms with Crippen LogP contribution in [0.4, 0.5) is 0 Å². The molecule has 1 nitrogen and oxygen atoms in total. The molecule has 1 heteroatoms. The fourth-order valence-corrected chi connectivity index (χ4v) is 2.26. The second kappa shape index (κ2) is 4.03. The summed E-state index contributed by atoms with van der Waals surface area (Å²) in [6, 6.07) is 11.1. The minimum atomic E-state index is 0.122. The maximum absolute atomic E-state index is 3.84. The van der Waals surface area contributed by atoms with E-state index in [0.29, 0.717) is 6.04 Å². The lowest BCUT2D eigenvalue weighted by Gasteiger charge is -2.13. The fourth-order valence-electron chi connectivity index (χ4n) is 2.26. The quantitative estimate of drug-likeness (QED) is 0.571. The van der Waals surface area contributed by atoms with Crippen LogP contribution in [0.5, 0.6) is 0 Å². The molecule has 1 aliphatic rings. The van der Waals surface area contributed by atoms with Crippen LogP contribution in [0.15, 0.2) is 55.6 Å². The van der Waals surface area contributed by atoms with Gasteiger partial charge in [-0.1, -0.05) is 42.5 Å². The molecule has 1 fully saturated rings. The Bertz CT molecular complexity index is 355. The summed E-state index contributed by atoms with van der Waals surface area (Å²) in [4.78, 5) is 0. The lowest BCUT2D eigenvalue weighted by molar-refractivity contribution is 0.652. The maximum Gasteiger partial charge on any atom is 0.0631 e. The maximum atomic E-state index is 3.84. The van der Waals surface area contributed by atoms with Crippen molar-refractivity contribution in [1.29, 1.82) is 0 Å². The van der Waals surface area contributed by atoms with Crippen molar-refractivity contribution in [3.05, 3.63) is 61.2 Å². The zero-order valence-corrected chi connectivity index (χ0v) is 8.95. The summed E-state index contributed by atoms with van der Waals surface area (Å²) >= 11 is 0. The Hall–Kier alpha value is -1.34. The molecule has 0 aliphatic carbocycles. The summed E-state index contributed by atoms with van der Waals surface area (Å²) in [5.41, 5.74) is 1.48. The van der Waals surface area contributed by atoms with Gasteiger partial charge >= 0.3 is 0 Å². The van der Waals surface area contributed by atoms with Crippen molar-refractivity contribution in [2.75, 3.05) is 0 Å². The van der Waals surface area contributed by atoms with Crippen LogP contribution in [0.2, 0.25) is 0 Å². The van der Waals surface area contributed by atoms with Gasteiger partial charge in [0.15, 0.2) is 0 Å². The predicted molar refractivity (Wildman–Crippen MR) is 64.7 cm³/mol. The Morgan fingerprint density at radius 2 is 1.93 bits per heavy atom. The largest absolute Gasteiger partial charge is 0.300 e. The first-order valence-corrected chi connectivity index (χ1v) is 5.38. The second-order valence-electron chi connectivity index (χ2n) is 4.05. The normalized spacial score (nSPS) is 28.4. The van der Waals surface area contributed by atoms with E-state index in [4.69, 9.17) is 0 Å². The molecule has 1 saturated heterocycles. The van der Waals surface area contributed by atoms with Gasteiger partial charge in [-0.25, -0.2) is 0 Å². The molecule has 2 rings (SSSR count). The SMILES string of the molecule is C=CCC1NC1(CC=C)c1ccccc1. The molecule has 15 heavy (non-hydrogen) atoms. The summed E-state index contributed by atoms with van der Waals surface area (Å²) < 4.78 is 0. The van der Waals surface area contributed by atoms with Crippen molar-refractivity contribution >= 4 is 0 Å². The van der Waals surface area contributed by atoms with E-state index in [1.54, 1.807) is 0 Å². The lowest BCUT2D eigenvalue weighted by Crippen LogP contribution is -2.13. The molecule has 0 radical (unpaired) electrons. The van der Waals surface area contributed by atoms with Crippen molar-refractivity contribution in [3.8, 4) is 0 Å². The average molecular weight is 199 g/mol. The van der Waals surface area contributed by atoms with Gasteiger partial charge in [0.05, 0.1) is 5.54 Å². The van der Waals surface area contributed by atoms with Crippen LogP contribution in [-0.4, -0.2) is 6.04 Å². The molecule has 0 aromatic heterocycles. The third-order valence-electron chi connectivity index (χ3n) is 3.10. The Kier molecular flexibility index (Phi) is 2.74. The van der Waals surface area contributed by atoms with E-state index in [1.165, 1.54) is 5.56 Å². The Labute approximate surface area is 91.5 Å². The average Bonchev–Trinajstić information content (AvgIpc) is 2.95. The topological polar surface area (TPSA) is 21.9 Å². The number of nitrogens with one attached hydrogen (secondary N) is 1. The van der Waals surface area contributed by atoms with E-state index in [9.17, 15) is 0 Å². The molecule has 1 aliphatic heterocycles. The van der Waals surface area contributed by atoms with Gasteiger partial charge in [-0.05, 0) is 18.4 Å². The number of hydrogen-bond acceptors (Lipinski definition) is 1. The van der Waals surface area contributed by atoms with E-state index < -0.39 is 0 Å². The number of hydrogen-bond donors (Lipinski definition) is 1. The molecular formula is C14H17N. The highest BCUT2D eigenvalue weighted by Gasteiger charge is 2.52. The summed E-state index contributed by atoms with van der Waals surface area (Å²) in [5.74, 6) is 0. The second-order valence-corrected chi connectivity index (χ2v) is 4.05. The van der Waals surface area contributed by atoms with Crippen LogP contribution in [0.1, 0.15) is 18.4 Å². The lowest BCUT2D eigenvalue weighted by atomic mass is 9.90. The third kappa shape index (κ3) is 1.75. The van der Waals surface area contributed by atoms with Crippen LogP contribution in [0.25, 0.3) is 0 Å². The molecule has 0 saturated carbocycles. The molecule has 1 heterocycles. The summed E-state index contributed by atoms with van der Waals surface area (Å²) in [5, 5.41) is 3.56. The van der Waals surface area contributed by atoms with Crippen molar-refractivity contribution in [2.45, 2.75) is 24.4 Å². The molecule has 1 aromatic carbocycles. The molecular weight excluding hydrogens is 182 g/mol. The molecule has 2 unspecified atom stereocenters. The van der Waals surface area contributed by atoms with Gasteiger partial charge in [-0.15, -0.1) is 13.2 Å². The van der Waals surface area contributed by atoms with Crippen LogP contribution in [0, 0.1) is 0 Å². The predicted octanol–water partition coefficient (Wildman–Crippen LogP) is 3.01. The van der Waals surface area contributed by atoms with E-state index in [1.807, 2.05) is 12.2 Å². The molecule has 78 valence electrons. The highest BCUT2D eigenvalue weighted by molar-refractivity contribution is 5.35. The first-order chi connectivity index (χ1) is 7.33. The number of benzene rings is 1. The van der Waals surface area contributed by atoms with Gasteiger partial charge < -0.3 is 5.32 Å². The van der Waals surface area contributed by atoms with E-state index in [-0.39, 0.29) is 5.54 Å². The minimum Gasteiger partial charge on any atom is -0.300 e. The van der Waals surface area contributed by atoms with Gasteiger partial charge in [0, 0.05) is 6.04 Å². The first kappa shape index (κ1) is 10.2. The molecule has 0 amide bonds. The van der Waals surface area contributed by atoms with E-state index in [2.05, 4.69) is 48.8 Å². The highest BCUT2D eigenvalue weighted by Crippen LogP contribution is 2.43. The van der Waals surface area contributed by atoms with Crippen LogP contribution in [0.3, 0.4) is 0 Å². The summed E-state index contributed by atoms with van der Waals surface area (Å²) in [6.07, 6.45) is 5.97. The van der Waals surface area contributed by atoms with Gasteiger partial charge in [0.2, 0.25) is 0 Å². The third-order valence-corrected chi connectivity index (χ3v) is 3.10. The zero-order valence-electron chi connectivity index (χ0n) is 8.95. The van der Waals surface area contributed by atoms with E-state index in [0.717, 1.165) is 12.8 Å². The standard InChI is InChI=1S/C14H17N/c1-3-8-13-14(15-13,11-4-2)12-9-6-5-7-10-12/h3-7,9-10,13,15H,1-2,8,11H2. The van der Waals surface area contributed by atoms with E-state index >= 15 is 0 Å². The smallest absolute Gasteiger partial charge is 0.0631 e. The van der Waals surface area contributed by atoms with Gasteiger partial charge in [-0.2, -0.15) is 0 Å². The molecule has 1 N–H and O–H groups in total. The Morgan fingerprint density at radius 1 is 1.20 bits per heavy atom. The molecule has 2 atom stereocenters. The van der Waals surface area contributed by atoms with Crippen LogP contribution >= 0.6 is 0 Å². The molecule has 0 bridgehead atoms.